The van der Waals surface area contributed by atoms with Crippen LogP contribution in [0.5, 0.6) is 0 Å². The van der Waals surface area contributed by atoms with Crippen LogP contribution in [-0.4, -0.2) is 40.1 Å². The molecule has 8 heteroatoms. The van der Waals surface area contributed by atoms with E-state index in [1.165, 1.54) is 28.6 Å². The van der Waals surface area contributed by atoms with E-state index in [9.17, 15) is 9.59 Å². The predicted molar refractivity (Wildman–Crippen MR) is 106 cm³/mol. The molecule has 0 aromatic carbocycles. The van der Waals surface area contributed by atoms with Crippen LogP contribution in [0.15, 0.2) is 11.4 Å². The first-order valence-electron chi connectivity index (χ1n) is 8.94. The Labute approximate surface area is 161 Å². The summed E-state index contributed by atoms with van der Waals surface area (Å²) in [6.07, 6.45) is 4.91. The maximum atomic E-state index is 12.2. The fraction of sp³-hybridized carbons (Fsp3) is 0.556. The number of carbonyl (C=O) groups is 2. The van der Waals surface area contributed by atoms with Gasteiger partial charge in [0.25, 0.3) is 0 Å². The Balaban J connectivity index is 1.69. The number of hydrogen-bond donors (Lipinski definition) is 2. The third-order valence-electron chi connectivity index (χ3n) is 4.52. The molecule has 140 valence electrons. The highest BCUT2D eigenvalue weighted by Crippen LogP contribution is 2.40. The number of aryl methyl sites for hydroxylation is 1. The number of likely N-dealkylation sites (N-methyl/N-ethyl adjacent to an activating group) is 1. The quantitative estimate of drug-likeness (QED) is 0.583. The first kappa shape index (κ1) is 19.1. The van der Waals surface area contributed by atoms with Gasteiger partial charge < -0.3 is 10.6 Å². The molecule has 0 bridgehead atoms. The number of amides is 2. The van der Waals surface area contributed by atoms with Crippen molar-refractivity contribution in [3.63, 3.8) is 0 Å². The molecule has 1 aliphatic carbocycles. The van der Waals surface area contributed by atoms with Crippen molar-refractivity contribution in [2.45, 2.75) is 51.1 Å². The molecule has 2 amide bonds. The van der Waals surface area contributed by atoms with Crippen LogP contribution in [0.25, 0.3) is 10.2 Å². The molecular weight excluding hydrogens is 368 g/mol. The van der Waals surface area contributed by atoms with E-state index in [2.05, 4.69) is 27.5 Å². The van der Waals surface area contributed by atoms with E-state index in [1.807, 2.05) is 6.92 Å². The van der Waals surface area contributed by atoms with Gasteiger partial charge in [-0.1, -0.05) is 18.7 Å². The molecule has 0 saturated carbocycles. The summed E-state index contributed by atoms with van der Waals surface area (Å²) in [5.74, 6) is 0.604. The van der Waals surface area contributed by atoms with Crippen LogP contribution in [0, 0.1) is 5.92 Å². The average Bonchev–Trinajstić information content (AvgIpc) is 2.97. The minimum Gasteiger partial charge on any atom is -0.355 e. The normalized spacial score (nSPS) is 17.6. The minimum atomic E-state index is -0.538. The standard InChI is InChI=1S/C18H24N4O2S2/c1-4-19-16(24)11(3)22-14(23)8-25-17-15-12-6-5-10(2)7-13(12)26-18(15)21-9-20-17/h9-11H,4-8H2,1-3H3,(H,19,24)(H,22,23)/t10-,11-/m0/s1. The van der Waals surface area contributed by atoms with E-state index >= 15 is 0 Å². The van der Waals surface area contributed by atoms with Gasteiger partial charge >= 0.3 is 0 Å². The van der Waals surface area contributed by atoms with Gasteiger partial charge in [0.05, 0.1) is 5.75 Å². The molecule has 2 aromatic heterocycles. The molecule has 0 unspecified atom stereocenters. The minimum absolute atomic E-state index is 0.168. The third-order valence-corrected chi connectivity index (χ3v) is 6.67. The summed E-state index contributed by atoms with van der Waals surface area (Å²) in [6.45, 7) is 6.38. The highest BCUT2D eigenvalue weighted by Gasteiger charge is 2.23. The Bertz CT molecular complexity index is 821. The summed E-state index contributed by atoms with van der Waals surface area (Å²) in [7, 11) is 0. The molecular formula is C18H24N4O2S2. The summed E-state index contributed by atoms with van der Waals surface area (Å²) in [5, 5.41) is 7.42. The molecule has 0 fully saturated rings. The van der Waals surface area contributed by atoms with Crippen molar-refractivity contribution < 1.29 is 9.59 Å². The van der Waals surface area contributed by atoms with Gasteiger partial charge in [0.1, 0.15) is 22.2 Å². The Morgan fingerprint density at radius 3 is 3.00 bits per heavy atom. The van der Waals surface area contributed by atoms with Crippen molar-refractivity contribution in [3.05, 3.63) is 16.8 Å². The maximum absolute atomic E-state index is 12.2. The van der Waals surface area contributed by atoms with Crippen molar-refractivity contribution in [2.75, 3.05) is 12.3 Å². The second kappa shape index (κ2) is 8.35. The Morgan fingerprint density at radius 1 is 1.42 bits per heavy atom. The fourth-order valence-corrected chi connectivity index (χ4v) is 5.42. The van der Waals surface area contributed by atoms with E-state index in [0.717, 1.165) is 28.1 Å². The Hall–Kier alpha value is -1.67. The molecule has 0 radical (unpaired) electrons. The number of nitrogens with zero attached hydrogens (tertiary/aromatic N) is 2. The number of hydrogen-bond acceptors (Lipinski definition) is 6. The summed E-state index contributed by atoms with van der Waals surface area (Å²) in [6, 6.07) is -0.538. The van der Waals surface area contributed by atoms with Crippen LogP contribution in [0.2, 0.25) is 0 Å². The largest absolute Gasteiger partial charge is 0.355 e. The lowest BCUT2D eigenvalue weighted by atomic mass is 9.89. The smallest absolute Gasteiger partial charge is 0.242 e. The van der Waals surface area contributed by atoms with Gasteiger partial charge in [0.15, 0.2) is 0 Å². The van der Waals surface area contributed by atoms with E-state index in [0.29, 0.717) is 12.5 Å². The predicted octanol–water partition coefficient (Wildman–Crippen LogP) is 2.55. The van der Waals surface area contributed by atoms with E-state index in [-0.39, 0.29) is 17.6 Å². The van der Waals surface area contributed by atoms with Crippen LogP contribution in [0.3, 0.4) is 0 Å². The molecule has 0 spiro atoms. The molecule has 2 aromatic rings. The van der Waals surface area contributed by atoms with Gasteiger partial charge in [-0.15, -0.1) is 11.3 Å². The van der Waals surface area contributed by atoms with Crippen LogP contribution < -0.4 is 10.6 Å². The molecule has 26 heavy (non-hydrogen) atoms. The fourth-order valence-electron chi connectivity index (χ4n) is 3.17. The molecule has 6 nitrogen and oxygen atoms in total. The zero-order chi connectivity index (χ0) is 18.7. The van der Waals surface area contributed by atoms with Gasteiger partial charge in [-0.2, -0.15) is 0 Å². The summed E-state index contributed by atoms with van der Waals surface area (Å²) in [5.41, 5.74) is 1.36. The second-order valence-electron chi connectivity index (χ2n) is 6.68. The SMILES string of the molecule is CCNC(=O)[C@H](C)NC(=O)CSc1ncnc2sc3c(c12)CC[C@H](C)C3. The highest BCUT2D eigenvalue weighted by molar-refractivity contribution is 8.00. The number of carbonyl (C=O) groups excluding carboxylic acids is 2. The lowest BCUT2D eigenvalue weighted by Crippen LogP contribution is -2.45. The lowest BCUT2D eigenvalue weighted by Gasteiger charge is -2.18. The van der Waals surface area contributed by atoms with E-state index in [1.54, 1.807) is 24.6 Å². The first-order chi connectivity index (χ1) is 12.5. The molecule has 1 aliphatic rings. The number of rotatable bonds is 6. The van der Waals surface area contributed by atoms with Crippen molar-refractivity contribution in [3.8, 4) is 0 Å². The second-order valence-corrected chi connectivity index (χ2v) is 8.73. The topological polar surface area (TPSA) is 84.0 Å². The summed E-state index contributed by atoms with van der Waals surface area (Å²) >= 11 is 3.17. The van der Waals surface area contributed by atoms with Crippen LogP contribution >= 0.6 is 23.1 Å². The van der Waals surface area contributed by atoms with Gasteiger partial charge in [-0.25, -0.2) is 9.97 Å². The van der Waals surface area contributed by atoms with Crippen LogP contribution in [0.1, 0.15) is 37.6 Å². The van der Waals surface area contributed by atoms with Gasteiger partial charge in [-0.05, 0) is 44.6 Å². The molecule has 2 N–H and O–H groups in total. The van der Waals surface area contributed by atoms with Crippen molar-refractivity contribution in [2.24, 2.45) is 5.92 Å². The third kappa shape index (κ3) is 4.17. The van der Waals surface area contributed by atoms with Crippen molar-refractivity contribution in [1.29, 1.82) is 0 Å². The van der Waals surface area contributed by atoms with Crippen LogP contribution in [0.4, 0.5) is 0 Å². The first-order valence-corrected chi connectivity index (χ1v) is 10.7. The van der Waals surface area contributed by atoms with Gasteiger partial charge in [-0.3, -0.25) is 9.59 Å². The van der Waals surface area contributed by atoms with Crippen LogP contribution in [-0.2, 0) is 22.4 Å². The highest BCUT2D eigenvalue weighted by atomic mass is 32.2. The monoisotopic (exact) mass is 392 g/mol. The summed E-state index contributed by atoms with van der Waals surface area (Å²) in [4.78, 5) is 35.2. The Morgan fingerprint density at radius 2 is 2.23 bits per heavy atom. The van der Waals surface area contributed by atoms with Gasteiger partial charge in [0, 0.05) is 16.8 Å². The zero-order valence-electron chi connectivity index (χ0n) is 15.3. The molecule has 3 rings (SSSR count). The average molecular weight is 393 g/mol. The maximum Gasteiger partial charge on any atom is 0.242 e. The number of fused-ring (bicyclic) bond motifs is 3. The Kier molecular flexibility index (Phi) is 6.13. The number of thiophene rings is 1. The molecule has 0 saturated heterocycles. The van der Waals surface area contributed by atoms with E-state index < -0.39 is 6.04 Å². The number of nitrogens with one attached hydrogen (secondary N) is 2. The van der Waals surface area contributed by atoms with Gasteiger partial charge in [0.2, 0.25) is 11.8 Å². The molecule has 0 aliphatic heterocycles. The van der Waals surface area contributed by atoms with Crippen molar-refractivity contribution in [1.82, 2.24) is 20.6 Å². The molecule has 2 atom stereocenters. The molecule has 2 heterocycles. The van der Waals surface area contributed by atoms with E-state index in [4.69, 9.17) is 0 Å². The zero-order valence-corrected chi connectivity index (χ0v) is 16.9. The summed E-state index contributed by atoms with van der Waals surface area (Å²) < 4.78 is 0. The number of thioether (sulfide) groups is 1. The number of aromatic nitrogens is 2. The van der Waals surface area contributed by atoms with Crippen molar-refractivity contribution >= 4 is 45.1 Å². The lowest BCUT2D eigenvalue weighted by molar-refractivity contribution is -0.127.